The van der Waals surface area contributed by atoms with E-state index in [4.69, 9.17) is 0 Å². The molecule has 1 heterocycles. The number of hydrogen-bond acceptors (Lipinski definition) is 2. The molecule has 1 aromatic carbocycles. The van der Waals surface area contributed by atoms with E-state index >= 15 is 0 Å². The molecule has 0 unspecified atom stereocenters. The molecule has 2 heteroatoms. The van der Waals surface area contributed by atoms with Crippen molar-refractivity contribution in [2.75, 3.05) is 33.2 Å². The van der Waals surface area contributed by atoms with Crippen LogP contribution in [0.4, 0.5) is 0 Å². The Morgan fingerprint density at radius 2 is 2.05 bits per heavy atom. The number of benzene rings is 1. The van der Waals surface area contributed by atoms with E-state index in [9.17, 15) is 0 Å². The predicted molar refractivity (Wildman–Crippen MR) is 82.8 cm³/mol. The highest BCUT2D eigenvalue weighted by Crippen LogP contribution is 2.19. The summed E-state index contributed by atoms with van der Waals surface area (Å²) < 4.78 is 0. The number of rotatable bonds is 6. The Bertz CT molecular complexity index is 408. The first-order chi connectivity index (χ1) is 9.06. The minimum Gasteiger partial charge on any atom is -0.316 e. The summed E-state index contributed by atoms with van der Waals surface area (Å²) in [5.74, 6) is 1.49. The molecule has 1 N–H and O–H groups in total. The van der Waals surface area contributed by atoms with E-state index < -0.39 is 0 Å². The van der Waals surface area contributed by atoms with Gasteiger partial charge in [-0.1, -0.05) is 32.0 Å². The third-order valence-electron chi connectivity index (χ3n) is 4.24. The van der Waals surface area contributed by atoms with Crippen molar-refractivity contribution in [1.82, 2.24) is 10.2 Å². The molecule has 2 rings (SSSR count). The van der Waals surface area contributed by atoms with Gasteiger partial charge in [0.15, 0.2) is 0 Å². The molecule has 0 spiro atoms. The van der Waals surface area contributed by atoms with Gasteiger partial charge in [0.2, 0.25) is 0 Å². The van der Waals surface area contributed by atoms with E-state index in [1.165, 1.54) is 49.3 Å². The van der Waals surface area contributed by atoms with Crippen molar-refractivity contribution >= 4 is 0 Å². The van der Waals surface area contributed by atoms with Gasteiger partial charge < -0.3 is 10.2 Å². The summed E-state index contributed by atoms with van der Waals surface area (Å²) in [6, 6.07) is 6.95. The Labute approximate surface area is 118 Å². The maximum Gasteiger partial charge on any atom is 0.00311 e. The summed E-state index contributed by atoms with van der Waals surface area (Å²) in [6.07, 6.45) is 1.17. The van der Waals surface area contributed by atoms with Gasteiger partial charge in [-0.15, -0.1) is 0 Å². The van der Waals surface area contributed by atoms with Crippen LogP contribution in [0.25, 0.3) is 0 Å². The second-order valence-electron chi connectivity index (χ2n) is 6.38. The monoisotopic (exact) mass is 260 g/mol. The molecule has 106 valence electrons. The lowest BCUT2D eigenvalue weighted by Gasteiger charge is -2.31. The molecule has 1 fully saturated rings. The summed E-state index contributed by atoms with van der Waals surface area (Å²) in [7, 11) is 2.25. The van der Waals surface area contributed by atoms with E-state index in [0.717, 1.165) is 5.92 Å². The van der Waals surface area contributed by atoms with Gasteiger partial charge in [-0.05, 0) is 48.9 Å². The fourth-order valence-corrected chi connectivity index (χ4v) is 2.64. The fourth-order valence-electron chi connectivity index (χ4n) is 2.64. The average molecular weight is 260 g/mol. The largest absolute Gasteiger partial charge is 0.316 e. The quantitative estimate of drug-likeness (QED) is 0.846. The Hall–Kier alpha value is -0.860. The summed E-state index contributed by atoms with van der Waals surface area (Å²) in [5, 5.41) is 3.34. The fraction of sp³-hybridized carbons (Fsp3) is 0.647. The smallest absolute Gasteiger partial charge is 0.00311 e. The highest BCUT2D eigenvalue weighted by molar-refractivity contribution is 5.32. The van der Waals surface area contributed by atoms with Crippen LogP contribution in [0.3, 0.4) is 0 Å². The first-order valence-electron chi connectivity index (χ1n) is 7.55. The molecular weight excluding hydrogens is 232 g/mol. The van der Waals surface area contributed by atoms with Gasteiger partial charge in [-0.2, -0.15) is 0 Å². The Balaban J connectivity index is 1.88. The maximum atomic E-state index is 3.34. The first kappa shape index (κ1) is 14.5. The third kappa shape index (κ3) is 4.05. The Kier molecular flexibility index (Phi) is 5.00. The standard InChI is InChI=1S/C17H28N2/c1-13(2)16-6-5-14(3)17(9-16)7-8-19(4)12-15-10-18-11-15/h5-6,9,13,15,18H,7-8,10-12H2,1-4H3. The number of likely N-dealkylation sites (N-methyl/N-ethyl adjacent to an activating group) is 1. The topological polar surface area (TPSA) is 15.3 Å². The lowest BCUT2D eigenvalue weighted by Crippen LogP contribution is -2.47. The van der Waals surface area contributed by atoms with Crippen molar-refractivity contribution in [3.8, 4) is 0 Å². The van der Waals surface area contributed by atoms with Gasteiger partial charge in [0, 0.05) is 26.2 Å². The molecule has 0 radical (unpaired) electrons. The van der Waals surface area contributed by atoms with E-state index in [-0.39, 0.29) is 0 Å². The molecule has 1 aromatic rings. The van der Waals surface area contributed by atoms with Crippen molar-refractivity contribution in [3.05, 3.63) is 34.9 Å². The minimum absolute atomic E-state index is 0.623. The zero-order chi connectivity index (χ0) is 13.8. The number of nitrogens with one attached hydrogen (secondary N) is 1. The molecular formula is C17H28N2. The molecule has 0 bridgehead atoms. The molecule has 19 heavy (non-hydrogen) atoms. The molecule has 0 atom stereocenters. The molecule has 1 aliphatic rings. The molecule has 0 saturated carbocycles. The van der Waals surface area contributed by atoms with Crippen LogP contribution in [-0.4, -0.2) is 38.1 Å². The lowest BCUT2D eigenvalue weighted by atomic mass is 9.96. The van der Waals surface area contributed by atoms with Crippen molar-refractivity contribution in [3.63, 3.8) is 0 Å². The van der Waals surface area contributed by atoms with Crippen LogP contribution in [0, 0.1) is 12.8 Å². The number of nitrogens with zero attached hydrogens (tertiary/aromatic N) is 1. The maximum absolute atomic E-state index is 3.34. The van der Waals surface area contributed by atoms with Crippen molar-refractivity contribution < 1.29 is 0 Å². The Morgan fingerprint density at radius 3 is 2.63 bits per heavy atom. The van der Waals surface area contributed by atoms with Crippen LogP contribution in [-0.2, 0) is 6.42 Å². The van der Waals surface area contributed by atoms with E-state index in [0.29, 0.717) is 5.92 Å². The highest BCUT2D eigenvalue weighted by Gasteiger charge is 2.18. The molecule has 0 aromatic heterocycles. The molecule has 1 saturated heterocycles. The van der Waals surface area contributed by atoms with Crippen LogP contribution in [0.15, 0.2) is 18.2 Å². The first-order valence-corrected chi connectivity index (χ1v) is 7.55. The van der Waals surface area contributed by atoms with Crippen LogP contribution in [0.5, 0.6) is 0 Å². The van der Waals surface area contributed by atoms with Gasteiger partial charge in [0.05, 0.1) is 0 Å². The van der Waals surface area contributed by atoms with Crippen molar-refractivity contribution in [1.29, 1.82) is 0 Å². The van der Waals surface area contributed by atoms with Crippen molar-refractivity contribution in [2.45, 2.75) is 33.1 Å². The van der Waals surface area contributed by atoms with Gasteiger partial charge in [-0.3, -0.25) is 0 Å². The summed E-state index contributed by atoms with van der Waals surface area (Å²) in [6.45, 7) is 11.6. The zero-order valence-corrected chi connectivity index (χ0v) is 12.9. The Morgan fingerprint density at radius 1 is 1.32 bits per heavy atom. The normalized spacial score (nSPS) is 16.1. The van der Waals surface area contributed by atoms with Crippen molar-refractivity contribution in [2.24, 2.45) is 5.92 Å². The van der Waals surface area contributed by atoms with Crippen LogP contribution >= 0.6 is 0 Å². The van der Waals surface area contributed by atoms with Gasteiger partial charge in [0.1, 0.15) is 0 Å². The second kappa shape index (κ2) is 6.53. The van der Waals surface area contributed by atoms with Crippen LogP contribution < -0.4 is 5.32 Å². The average Bonchev–Trinajstić information content (AvgIpc) is 2.32. The van der Waals surface area contributed by atoms with Gasteiger partial charge in [-0.25, -0.2) is 0 Å². The third-order valence-corrected chi connectivity index (χ3v) is 4.24. The number of aryl methyl sites for hydroxylation is 1. The van der Waals surface area contributed by atoms with Gasteiger partial charge in [0.25, 0.3) is 0 Å². The number of hydrogen-bond donors (Lipinski definition) is 1. The second-order valence-corrected chi connectivity index (χ2v) is 6.38. The zero-order valence-electron chi connectivity index (χ0n) is 12.9. The van der Waals surface area contributed by atoms with E-state index in [1.54, 1.807) is 0 Å². The summed E-state index contributed by atoms with van der Waals surface area (Å²) >= 11 is 0. The summed E-state index contributed by atoms with van der Waals surface area (Å²) in [5.41, 5.74) is 4.42. The SMILES string of the molecule is Cc1ccc(C(C)C)cc1CCN(C)CC1CNC1. The van der Waals surface area contributed by atoms with E-state index in [2.05, 4.69) is 56.2 Å². The summed E-state index contributed by atoms with van der Waals surface area (Å²) in [4.78, 5) is 2.48. The van der Waals surface area contributed by atoms with E-state index in [1.807, 2.05) is 0 Å². The molecule has 1 aliphatic heterocycles. The minimum atomic E-state index is 0.623. The molecule has 0 amide bonds. The van der Waals surface area contributed by atoms with Crippen LogP contribution in [0.2, 0.25) is 0 Å². The molecule has 0 aliphatic carbocycles. The predicted octanol–water partition coefficient (Wildman–Crippen LogP) is 2.81. The van der Waals surface area contributed by atoms with Crippen LogP contribution in [0.1, 0.15) is 36.5 Å². The lowest BCUT2D eigenvalue weighted by molar-refractivity contribution is 0.226. The molecule has 2 nitrogen and oxygen atoms in total. The van der Waals surface area contributed by atoms with Gasteiger partial charge >= 0.3 is 0 Å². The highest BCUT2D eigenvalue weighted by atomic mass is 15.1.